The molecule has 0 atom stereocenters. The molecule has 0 bridgehead atoms. The van der Waals surface area contributed by atoms with E-state index in [1.54, 1.807) is 12.3 Å². The minimum atomic E-state index is -0.658. The van der Waals surface area contributed by atoms with Crippen LogP contribution >= 0.6 is 11.3 Å². The number of aryl methyl sites for hydroxylation is 1. The third-order valence-corrected chi connectivity index (χ3v) is 7.07. The molecule has 1 fully saturated rings. The SMILES string of the molecule is Cc1nc2c(F)cc(-c3nc(Nc4cn5cc(N6CC(O)C6)sc5n4)ncc3F)cc2n1C(C)C. The number of aliphatic hydroxyl groups is 1. The number of hydrogen-bond acceptors (Lipinski definition) is 8. The van der Waals surface area contributed by atoms with Gasteiger partial charge in [0.25, 0.3) is 0 Å². The number of anilines is 3. The van der Waals surface area contributed by atoms with Crippen LogP contribution in [0.5, 0.6) is 0 Å². The average molecular weight is 497 g/mol. The van der Waals surface area contributed by atoms with E-state index in [9.17, 15) is 13.9 Å². The maximum absolute atomic E-state index is 14.9. The molecule has 9 nitrogen and oxygen atoms in total. The van der Waals surface area contributed by atoms with E-state index in [0.717, 1.165) is 16.2 Å². The van der Waals surface area contributed by atoms with Crippen LogP contribution < -0.4 is 10.2 Å². The Kier molecular flexibility index (Phi) is 4.97. The number of aliphatic hydroxyl groups excluding tert-OH is 1. The van der Waals surface area contributed by atoms with Gasteiger partial charge >= 0.3 is 0 Å². The minimum Gasteiger partial charge on any atom is -0.389 e. The molecule has 1 aromatic carbocycles. The van der Waals surface area contributed by atoms with Crippen LogP contribution in [-0.2, 0) is 0 Å². The lowest BCUT2D eigenvalue weighted by molar-refractivity contribution is 0.142. The summed E-state index contributed by atoms with van der Waals surface area (Å²) in [6.45, 7) is 7.02. The van der Waals surface area contributed by atoms with Crippen LogP contribution in [0.2, 0.25) is 0 Å². The summed E-state index contributed by atoms with van der Waals surface area (Å²) in [5.74, 6) is 0.136. The summed E-state index contributed by atoms with van der Waals surface area (Å²) in [6, 6.07) is 3.01. The first kappa shape index (κ1) is 21.9. The lowest BCUT2D eigenvalue weighted by atomic mass is 10.1. The molecule has 0 unspecified atom stereocenters. The van der Waals surface area contributed by atoms with Crippen molar-refractivity contribution in [2.45, 2.75) is 32.9 Å². The summed E-state index contributed by atoms with van der Waals surface area (Å²) >= 11 is 1.50. The van der Waals surface area contributed by atoms with Crippen LogP contribution in [0.25, 0.3) is 27.3 Å². The number of fused-ring (bicyclic) bond motifs is 2. The highest BCUT2D eigenvalue weighted by molar-refractivity contribution is 7.20. The van der Waals surface area contributed by atoms with E-state index in [0.29, 0.717) is 35.8 Å². The Hall–Kier alpha value is -3.64. The number of rotatable bonds is 5. The van der Waals surface area contributed by atoms with Gasteiger partial charge in [0.15, 0.2) is 22.4 Å². The van der Waals surface area contributed by atoms with Gasteiger partial charge in [-0.15, -0.1) is 0 Å². The van der Waals surface area contributed by atoms with Crippen molar-refractivity contribution in [3.63, 3.8) is 0 Å². The molecule has 1 aliphatic rings. The van der Waals surface area contributed by atoms with E-state index < -0.39 is 11.6 Å². The Morgan fingerprint density at radius 1 is 1.11 bits per heavy atom. The van der Waals surface area contributed by atoms with Gasteiger partial charge in [0.05, 0.1) is 24.0 Å². The van der Waals surface area contributed by atoms with Crippen LogP contribution in [0.1, 0.15) is 25.7 Å². The summed E-state index contributed by atoms with van der Waals surface area (Å²) in [5, 5.41) is 13.5. The van der Waals surface area contributed by atoms with Crippen molar-refractivity contribution in [1.82, 2.24) is 28.9 Å². The van der Waals surface area contributed by atoms with Crippen molar-refractivity contribution in [3.8, 4) is 11.3 Å². The summed E-state index contributed by atoms with van der Waals surface area (Å²) in [5.41, 5.74) is 1.11. The molecule has 0 spiro atoms. The van der Waals surface area contributed by atoms with Gasteiger partial charge in [-0.1, -0.05) is 11.3 Å². The summed E-state index contributed by atoms with van der Waals surface area (Å²) in [6.07, 6.45) is 4.51. The zero-order valence-corrected chi connectivity index (χ0v) is 20.0. The monoisotopic (exact) mass is 496 g/mol. The predicted molar refractivity (Wildman–Crippen MR) is 130 cm³/mol. The van der Waals surface area contributed by atoms with Crippen molar-refractivity contribution in [3.05, 3.63) is 48.2 Å². The molecule has 5 heterocycles. The fraction of sp³-hybridized carbons (Fsp3) is 0.304. The van der Waals surface area contributed by atoms with Gasteiger partial charge in [-0.3, -0.25) is 4.40 Å². The predicted octanol–water partition coefficient (Wildman–Crippen LogP) is 4.29. The van der Waals surface area contributed by atoms with E-state index in [2.05, 4.69) is 30.2 Å². The van der Waals surface area contributed by atoms with E-state index in [1.807, 2.05) is 35.9 Å². The van der Waals surface area contributed by atoms with Crippen molar-refractivity contribution in [2.75, 3.05) is 23.3 Å². The number of hydrogen-bond donors (Lipinski definition) is 2. The molecule has 180 valence electrons. The Balaban J connectivity index is 1.32. The first-order valence-electron chi connectivity index (χ1n) is 11.2. The number of nitrogens with one attached hydrogen (secondary N) is 1. The maximum atomic E-state index is 14.9. The average Bonchev–Trinajstić information content (AvgIpc) is 3.43. The van der Waals surface area contributed by atoms with Crippen LogP contribution in [0.4, 0.5) is 25.5 Å². The number of nitrogens with zero attached hydrogens (tertiary/aromatic N) is 7. The van der Waals surface area contributed by atoms with Gasteiger partial charge in [0.1, 0.15) is 22.0 Å². The molecule has 1 aliphatic heterocycles. The molecular formula is C23H22F2N8OS. The Morgan fingerprint density at radius 3 is 2.63 bits per heavy atom. The van der Waals surface area contributed by atoms with Crippen molar-refractivity contribution >= 4 is 44.1 Å². The Morgan fingerprint density at radius 2 is 1.91 bits per heavy atom. The fourth-order valence-electron chi connectivity index (χ4n) is 4.43. The second-order valence-electron chi connectivity index (χ2n) is 8.91. The number of imidazole rings is 2. The first-order chi connectivity index (χ1) is 16.8. The summed E-state index contributed by atoms with van der Waals surface area (Å²) < 4.78 is 33.4. The third kappa shape index (κ3) is 3.69. The second kappa shape index (κ2) is 7.95. The van der Waals surface area contributed by atoms with Gasteiger partial charge in [0, 0.05) is 30.9 Å². The highest BCUT2D eigenvalue weighted by Gasteiger charge is 2.26. The van der Waals surface area contributed by atoms with E-state index in [-0.39, 0.29) is 29.3 Å². The van der Waals surface area contributed by atoms with Crippen LogP contribution in [0, 0.1) is 18.6 Å². The lowest BCUT2D eigenvalue weighted by Gasteiger charge is -2.36. The number of β-amino-alcohol motifs (C(OH)–C–C–N with tert-alkyl or cyclic N) is 1. The standard InChI is InChI=1S/C23H22F2N8OS/c1-11(2)33-12(3)27-21-15(24)4-13(5-17(21)33)20-16(25)6-26-22(30-20)28-18-9-32-10-19(35-23(32)29-18)31-7-14(34)8-31/h4-6,9-11,14,34H,7-8H2,1-3H3,(H,26,28,30). The molecule has 0 amide bonds. The molecule has 6 rings (SSSR count). The third-order valence-electron chi connectivity index (χ3n) is 6.02. The molecule has 2 N–H and O–H groups in total. The first-order valence-corrected chi connectivity index (χ1v) is 12.0. The normalized spacial score (nSPS) is 14.4. The van der Waals surface area contributed by atoms with Gasteiger partial charge in [-0.2, -0.15) is 0 Å². The topological polar surface area (TPSA) is 96.4 Å². The van der Waals surface area contributed by atoms with Crippen molar-refractivity contribution in [1.29, 1.82) is 0 Å². The molecule has 5 aromatic rings. The fourth-order valence-corrected chi connectivity index (χ4v) is 5.41. The van der Waals surface area contributed by atoms with E-state index in [1.165, 1.54) is 17.4 Å². The van der Waals surface area contributed by atoms with Crippen LogP contribution in [0.15, 0.2) is 30.7 Å². The van der Waals surface area contributed by atoms with Gasteiger partial charge in [-0.25, -0.2) is 28.7 Å². The van der Waals surface area contributed by atoms with Gasteiger partial charge < -0.3 is 19.9 Å². The zero-order chi connectivity index (χ0) is 24.4. The molecule has 1 saturated heterocycles. The number of benzene rings is 1. The van der Waals surface area contributed by atoms with Gasteiger partial charge in [0.2, 0.25) is 5.95 Å². The molecule has 0 saturated carbocycles. The molecular weight excluding hydrogens is 474 g/mol. The lowest BCUT2D eigenvalue weighted by Crippen LogP contribution is -2.50. The molecule has 4 aromatic heterocycles. The summed E-state index contributed by atoms with van der Waals surface area (Å²) in [7, 11) is 0. The van der Waals surface area contributed by atoms with Crippen molar-refractivity contribution in [2.24, 2.45) is 0 Å². The maximum Gasteiger partial charge on any atom is 0.229 e. The second-order valence-corrected chi connectivity index (χ2v) is 9.90. The minimum absolute atomic E-state index is 0.0166. The smallest absolute Gasteiger partial charge is 0.229 e. The molecule has 12 heteroatoms. The van der Waals surface area contributed by atoms with Crippen LogP contribution in [-0.4, -0.2) is 53.2 Å². The molecule has 0 aliphatic carbocycles. The number of aromatic nitrogens is 6. The molecule has 0 radical (unpaired) electrons. The largest absolute Gasteiger partial charge is 0.389 e. The van der Waals surface area contributed by atoms with E-state index >= 15 is 0 Å². The zero-order valence-electron chi connectivity index (χ0n) is 19.2. The number of halogens is 2. The summed E-state index contributed by atoms with van der Waals surface area (Å²) in [4.78, 5) is 20.1. The van der Waals surface area contributed by atoms with E-state index in [4.69, 9.17) is 0 Å². The van der Waals surface area contributed by atoms with Crippen LogP contribution in [0.3, 0.4) is 0 Å². The quantitative estimate of drug-likeness (QED) is 0.375. The van der Waals surface area contributed by atoms with Gasteiger partial charge in [-0.05, 0) is 32.9 Å². The Bertz CT molecular complexity index is 1550. The Labute approximate surface area is 202 Å². The number of thiazole rings is 1. The van der Waals surface area contributed by atoms with Crippen molar-refractivity contribution < 1.29 is 13.9 Å². The highest BCUT2D eigenvalue weighted by atomic mass is 32.1. The molecule has 35 heavy (non-hydrogen) atoms. The highest BCUT2D eigenvalue weighted by Crippen LogP contribution is 2.32.